The summed E-state index contributed by atoms with van der Waals surface area (Å²) in [5.74, 6) is -0.250. The summed E-state index contributed by atoms with van der Waals surface area (Å²) in [6.07, 6.45) is 27.9. The van der Waals surface area contributed by atoms with Gasteiger partial charge in [-0.1, -0.05) is 217 Å². The molecule has 0 spiro atoms. The number of hydrogen-bond acceptors (Lipinski definition) is 18. The summed E-state index contributed by atoms with van der Waals surface area (Å²) in [7, 11) is 0. The fourth-order valence-electron chi connectivity index (χ4n) is 11.3. The fourth-order valence-corrected chi connectivity index (χ4v) is 11.3. The molecule has 12 N–H and O–H groups in total. The molecule has 0 radical (unpaired) electrons. The van der Waals surface area contributed by atoms with Crippen molar-refractivity contribution in [2.75, 3.05) is 26.4 Å². The zero-order valence-electron chi connectivity index (χ0n) is 51.6. The summed E-state index contributed by atoms with van der Waals surface area (Å²) in [6.45, 7) is 1.64. The van der Waals surface area contributed by atoms with Crippen LogP contribution in [-0.4, -0.2) is 193 Å². The van der Waals surface area contributed by atoms with E-state index in [0.717, 1.165) is 51.4 Å². The van der Waals surface area contributed by atoms with E-state index in [4.69, 9.17) is 28.4 Å². The normalized spacial score (nSPS) is 29.4. The van der Waals surface area contributed by atoms with Crippen LogP contribution in [0.5, 0.6) is 0 Å². The van der Waals surface area contributed by atoms with E-state index in [0.29, 0.717) is 19.3 Å². The first-order valence-electron chi connectivity index (χ1n) is 33.2. The van der Waals surface area contributed by atoms with Gasteiger partial charge in [0.15, 0.2) is 18.9 Å². The fraction of sp³-hybridized carbons (Fsp3) is 0.892. The molecule has 3 aliphatic rings. The maximum absolute atomic E-state index is 13.2. The smallest absolute Gasteiger partial charge is 0.220 e. The van der Waals surface area contributed by atoms with E-state index >= 15 is 0 Å². The minimum absolute atomic E-state index is 0.250. The molecule has 0 aromatic carbocycles. The van der Waals surface area contributed by atoms with Crippen molar-refractivity contribution >= 4 is 5.91 Å². The molecule has 0 aliphatic carbocycles. The number of amides is 1. The summed E-state index contributed by atoms with van der Waals surface area (Å²) < 4.78 is 34.1. The number of hydrogen-bond donors (Lipinski definition) is 12. The van der Waals surface area contributed by atoms with Gasteiger partial charge in [0.1, 0.15) is 73.2 Å². The molecule has 0 saturated carbocycles. The van der Waals surface area contributed by atoms with E-state index in [-0.39, 0.29) is 18.9 Å². The minimum Gasteiger partial charge on any atom is -0.394 e. The summed E-state index contributed by atoms with van der Waals surface area (Å²) >= 11 is 0. The number of rotatable bonds is 50. The molecular weight excluding hydrogens is 1080 g/mol. The van der Waals surface area contributed by atoms with E-state index < -0.39 is 124 Å². The van der Waals surface area contributed by atoms with Gasteiger partial charge in [-0.3, -0.25) is 4.79 Å². The monoisotopic (exact) mass is 1200 g/mol. The predicted octanol–water partition coefficient (Wildman–Crippen LogP) is 7.66. The molecule has 3 saturated heterocycles. The maximum Gasteiger partial charge on any atom is 0.220 e. The molecule has 19 nitrogen and oxygen atoms in total. The quantitative estimate of drug-likeness (QED) is 0.0205. The van der Waals surface area contributed by atoms with Crippen molar-refractivity contribution in [2.45, 2.75) is 343 Å². The van der Waals surface area contributed by atoms with E-state index in [1.165, 1.54) is 148 Å². The van der Waals surface area contributed by atoms with Gasteiger partial charge < -0.3 is 89.9 Å². The SMILES string of the molecule is CCCCCCC/C=C\C/C=C\C/C=C\CCCCCCCCCCCCCCCCCCCCCCC(=O)NC(COC1OC(CO)C(OC2OC(CO)C(OC3OC(CO)C(O)C(O)C3O)C(O)C2O)C(O)C1O)C(O)CCCCCC. The first kappa shape index (κ1) is 76.3. The minimum atomic E-state index is -1.97. The molecule has 17 atom stereocenters. The second-order valence-corrected chi connectivity index (χ2v) is 23.9. The van der Waals surface area contributed by atoms with Gasteiger partial charge in [0.05, 0.1) is 38.6 Å². The Labute approximate surface area is 504 Å². The highest BCUT2D eigenvalue weighted by Gasteiger charge is 2.53. The lowest BCUT2D eigenvalue weighted by Crippen LogP contribution is -2.66. The Morgan fingerprint density at radius 3 is 1.23 bits per heavy atom. The zero-order chi connectivity index (χ0) is 61.2. The van der Waals surface area contributed by atoms with Gasteiger partial charge in [-0.15, -0.1) is 0 Å². The number of ether oxygens (including phenoxy) is 6. The van der Waals surface area contributed by atoms with Crippen LogP contribution in [0.2, 0.25) is 0 Å². The van der Waals surface area contributed by atoms with E-state index in [9.17, 15) is 61.0 Å². The summed E-state index contributed by atoms with van der Waals surface area (Å²) in [6, 6.07) is -0.881. The van der Waals surface area contributed by atoms with Crippen LogP contribution in [0.15, 0.2) is 36.5 Å². The van der Waals surface area contributed by atoms with Gasteiger partial charge in [0, 0.05) is 6.42 Å². The molecule has 19 heteroatoms. The number of aliphatic hydroxyl groups is 11. The third kappa shape index (κ3) is 30.5. The number of aliphatic hydroxyl groups excluding tert-OH is 11. The Kier molecular flexibility index (Phi) is 43.5. The van der Waals surface area contributed by atoms with Crippen LogP contribution in [0.4, 0.5) is 0 Å². The van der Waals surface area contributed by atoms with Crippen molar-refractivity contribution in [3.63, 3.8) is 0 Å². The molecule has 1 amide bonds. The van der Waals surface area contributed by atoms with E-state index in [1.807, 2.05) is 0 Å². The van der Waals surface area contributed by atoms with Crippen LogP contribution in [0.1, 0.15) is 239 Å². The second-order valence-electron chi connectivity index (χ2n) is 23.9. The average molecular weight is 1200 g/mol. The molecule has 84 heavy (non-hydrogen) atoms. The van der Waals surface area contributed by atoms with Gasteiger partial charge in [0.25, 0.3) is 0 Å². The molecule has 492 valence electrons. The number of allylic oxidation sites excluding steroid dienone is 6. The van der Waals surface area contributed by atoms with E-state index in [1.54, 1.807) is 0 Å². The molecule has 3 heterocycles. The van der Waals surface area contributed by atoms with Crippen LogP contribution in [0.25, 0.3) is 0 Å². The molecule has 0 bridgehead atoms. The highest BCUT2D eigenvalue weighted by molar-refractivity contribution is 5.76. The third-order valence-corrected chi connectivity index (χ3v) is 16.7. The lowest BCUT2D eigenvalue weighted by atomic mass is 9.96. The van der Waals surface area contributed by atoms with Crippen LogP contribution in [-0.2, 0) is 33.2 Å². The van der Waals surface area contributed by atoms with Gasteiger partial charge in [-0.05, 0) is 51.4 Å². The first-order chi connectivity index (χ1) is 40.8. The van der Waals surface area contributed by atoms with Crippen molar-refractivity contribution in [1.29, 1.82) is 0 Å². The van der Waals surface area contributed by atoms with Crippen molar-refractivity contribution in [3.8, 4) is 0 Å². The zero-order valence-corrected chi connectivity index (χ0v) is 51.6. The summed E-state index contributed by atoms with van der Waals surface area (Å²) in [4.78, 5) is 13.2. The molecule has 3 rings (SSSR count). The number of carbonyl (C=O) groups is 1. The summed E-state index contributed by atoms with van der Waals surface area (Å²) in [5.41, 5.74) is 0. The number of carbonyl (C=O) groups excluding carboxylic acids is 1. The lowest BCUT2D eigenvalue weighted by Gasteiger charge is -2.48. The van der Waals surface area contributed by atoms with Crippen LogP contribution < -0.4 is 5.32 Å². The molecule has 0 aromatic rings. The van der Waals surface area contributed by atoms with Gasteiger partial charge in [-0.2, -0.15) is 0 Å². The molecule has 0 aromatic heterocycles. The Morgan fingerprint density at radius 1 is 0.429 bits per heavy atom. The Bertz CT molecular complexity index is 1670. The van der Waals surface area contributed by atoms with Crippen molar-refractivity contribution < 1.29 is 89.4 Å². The van der Waals surface area contributed by atoms with Crippen molar-refractivity contribution in [1.82, 2.24) is 5.32 Å². The second kappa shape index (κ2) is 47.9. The first-order valence-corrected chi connectivity index (χ1v) is 33.2. The molecule has 3 fully saturated rings. The van der Waals surface area contributed by atoms with Crippen LogP contribution in [0.3, 0.4) is 0 Å². The van der Waals surface area contributed by atoms with Crippen molar-refractivity contribution in [2.24, 2.45) is 0 Å². The standard InChI is InChI=1S/C65H119NO18/c1-3-5-7-9-10-11-12-13-14-15-16-17-18-19-20-21-22-23-24-25-26-27-28-29-30-31-32-33-34-35-36-37-38-39-41-43-53(71)66-48(49(70)42-40-8-6-4-2)47-79-63-59(77)56(74)61(51(45-68)81-63)84-65-60(78)57(75)62(52(46-69)82-65)83-64-58(76)55(73)54(72)50(44-67)80-64/h12-13,15-16,18-19,48-52,54-65,67-70,72-78H,3-11,14,17,20-47H2,1-2H3,(H,66,71)/b13-12-,16-15-,19-18-. The average Bonchev–Trinajstić information content (AvgIpc) is 3.52. The summed E-state index contributed by atoms with van der Waals surface area (Å²) in [5, 5.41) is 120. The highest BCUT2D eigenvalue weighted by Crippen LogP contribution is 2.33. The van der Waals surface area contributed by atoms with Crippen molar-refractivity contribution in [3.05, 3.63) is 36.5 Å². The van der Waals surface area contributed by atoms with Gasteiger partial charge in [-0.25, -0.2) is 0 Å². The largest absolute Gasteiger partial charge is 0.394 e. The van der Waals surface area contributed by atoms with E-state index in [2.05, 4.69) is 55.6 Å². The molecule has 17 unspecified atom stereocenters. The maximum atomic E-state index is 13.2. The number of nitrogens with one attached hydrogen (secondary N) is 1. The predicted molar refractivity (Wildman–Crippen MR) is 323 cm³/mol. The lowest BCUT2D eigenvalue weighted by molar-refractivity contribution is -0.379. The highest BCUT2D eigenvalue weighted by atomic mass is 16.8. The van der Waals surface area contributed by atoms with Gasteiger partial charge >= 0.3 is 0 Å². The van der Waals surface area contributed by atoms with Crippen LogP contribution >= 0.6 is 0 Å². The molecular formula is C65H119NO18. The van der Waals surface area contributed by atoms with Gasteiger partial charge in [0.2, 0.25) is 5.91 Å². The molecule has 3 aliphatic heterocycles. The third-order valence-electron chi connectivity index (χ3n) is 16.7. The van der Waals surface area contributed by atoms with Crippen LogP contribution in [0, 0.1) is 0 Å². The Balaban J connectivity index is 1.24. The Hall–Kier alpha value is -1.99. The number of unbranched alkanes of at least 4 members (excludes halogenated alkanes) is 28. The topological polar surface area (TPSA) is 307 Å². The Morgan fingerprint density at radius 2 is 0.786 bits per heavy atom.